The average molecular weight is 226 g/mol. The van der Waals surface area contributed by atoms with E-state index in [0.29, 0.717) is 0 Å². The molecular formula is C13H14N4. The highest BCUT2D eigenvalue weighted by atomic mass is 15.2. The largest absolute Gasteiger partial charge is 0.312 e. The van der Waals surface area contributed by atoms with Gasteiger partial charge in [0.05, 0.1) is 11.0 Å². The summed E-state index contributed by atoms with van der Waals surface area (Å²) in [4.78, 5) is 13.8. The number of fused-ring (bicyclic) bond motifs is 2. The molecular weight excluding hydrogens is 212 g/mol. The van der Waals surface area contributed by atoms with Crippen LogP contribution in [0.3, 0.4) is 0 Å². The van der Waals surface area contributed by atoms with E-state index in [-0.39, 0.29) is 0 Å². The van der Waals surface area contributed by atoms with Crippen LogP contribution < -0.4 is 0 Å². The fraction of sp³-hybridized carbons (Fsp3) is 0.308. The van der Waals surface area contributed by atoms with Crippen LogP contribution in [-0.2, 0) is 13.0 Å². The number of imidazole rings is 1. The standard InChI is InChI=1S/C13H14N4/c1-3-11-16-12-13(17(11)4-2)15-10-8-6-5-7-9(10)14-12/h5-8H,3-4H2,1-2H3. The Labute approximate surface area is 99.3 Å². The van der Waals surface area contributed by atoms with Gasteiger partial charge in [0.25, 0.3) is 0 Å². The van der Waals surface area contributed by atoms with Crippen molar-refractivity contribution in [3.8, 4) is 0 Å². The molecule has 0 aliphatic heterocycles. The van der Waals surface area contributed by atoms with Gasteiger partial charge in [-0.05, 0) is 19.1 Å². The molecule has 0 amide bonds. The van der Waals surface area contributed by atoms with Crippen LogP contribution in [0.1, 0.15) is 19.7 Å². The van der Waals surface area contributed by atoms with E-state index in [2.05, 4.69) is 33.4 Å². The van der Waals surface area contributed by atoms with Crippen molar-refractivity contribution in [2.24, 2.45) is 0 Å². The number of para-hydroxylation sites is 2. The summed E-state index contributed by atoms with van der Waals surface area (Å²) in [6.07, 6.45) is 0.905. The molecule has 0 radical (unpaired) electrons. The van der Waals surface area contributed by atoms with Crippen molar-refractivity contribution in [2.75, 3.05) is 0 Å². The van der Waals surface area contributed by atoms with Gasteiger partial charge < -0.3 is 4.57 Å². The number of hydrogen-bond donors (Lipinski definition) is 0. The van der Waals surface area contributed by atoms with Gasteiger partial charge in [-0.3, -0.25) is 0 Å². The van der Waals surface area contributed by atoms with Gasteiger partial charge in [0.2, 0.25) is 0 Å². The Hall–Kier alpha value is -1.97. The molecule has 0 bridgehead atoms. The number of hydrogen-bond acceptors (Lipinski definition) is 3. The highest BCUT2D eigenvalue weighted by molar-refractivity contribution is 5.82. The molecule has 0 saturated carbocycles. The Morgan fingerprint density at radius 3 is 2.35 bits per heavy atom. The minimum absolute atomic E-state index is 0.752. The fourth-order valence-electron chi connectivity index (χ4n) is 2.14. The van der Waals surface area contributed by atoms with Crippen LogP contribution in [-0.4, -0.2) is 19.5 Å². The lowest BCUT2D eigenvalue weighted by atomic mass is 10.3. The first-order chi connectivity index (χ1) is 8.33. The number of aromatic nitrogens is 4. The number of rotatable bonds is 2. The molecule has 2 aromatic heterocycles. The van der Waals surface area contributed by atoms with E-state index >= 15 is 0 Å². The van der Waals surface area contributed by atoms with Crippen LogP contribution in [0.2, 0.25) is 0 Å². The van der Waals surface area contributed by atoms with Gasteiger partial charge in [0.1, 0.15) is 5.82 Å². The Bertz CT molecular complexity index is 684. The second-order valence-electron chi connectivity index (χ2n) is 3.99. The van der Waals surface area contributed by atoms with Gasteiger partial charge >= 0.3 is 0 Å². The minimum atomic E-state index is 0.752. The van der Waals surface area contributed by atoms with Crippen molar-refractivity contribution in [3.63, 3.8) is 0 Å². The first kappa shape index (κ1) is 10.2. The molecule has 0 saturated heterocycles. The minimum Gasteiger partial charge on any atom is -0.312 e. The van der Waals surface area contributed by atoms with Gasteiger partial charge in [0, 0.05) is 13.0 Å². The molecule has 0 atom stereocenters. The second-order valence-corrected chi connectivity index (χ2v) is 3.99. The highest BCUT2D eigenvalue weighted by Crippen LogP contribution is 2.17. The zero-order valence-electron chi connectivity index (χ0n) is 10.0. The quantitative estimate of drug-likeness (QED) is 0.674. The molecule has 0 aliphatic carbocycles. The van der Waals surface area contributed by atoms with E-state index in [1.54, 1.807) is 0 Å². The summed E-state index contributed by atoms with van der Waals surface area (Å²) in [6, 6.07) is 7.91. The van der Waals surface area contributed by atoms with Crippen LogP contribution in [0.4, 0.5) is 0 Å². The summed E-state index contributed by atoms with van der Waals surface area (Å²) in [6.45, 7) is 5.09. The van der Waals surface area contributed by atoms with E-state index in [0.717, 1.165) is 41.1 Å². The van der Waals surface area contributed by atoms with Crippen molar-refractivity contribution in [1.82, 2.24) is 19.5 Å². The van der Waals surface area contributed by atoms with Crippen LogP contribution in [0, 0.1) is 0 Å². The second kappa shape index (κ2) is 3.80. The predicted molar refractivity (Wildman–Crippen MR) is 67.9 cm³/mol. The van der Waals surface area contributed by atoms with Gasteiger partial charge in [0.15, 0.2) is 11.3 Å². The van der Waals surface area contributed by atoms with E-state index in [9.17, 15) is 0 Å². The summed E-state index contributed by atoms with van der Waals surface area (Å²) in [5, 5.41) is 0. The van der Waals surface area contributed by atoms with Crippen molar-refractivity contribution in [2.45, 2.75) is 26.8 Å². The molecule has 2 heterocycles. The molecule has 4 nitrogen and oxygen atoms in total. The lowest BCUT2D eigenvalue weighted by molar-refractivity contribution is 0.720. The molecule has 0 spiro atoms. The van der Waals surface area contributed by atoms with Crippen molar-refractivity contribution >= 4 is 22.3 Å². The van der Waals surface area contributed by atoms with Gasteiger partial charge in [-0.15, -0.1) is 0 Å². The van der Waals surface area contributed by atoms with Crippen LogP contribution >= 0.6 is 0 Å². The third-order valence-corrected chi connectivity index (χ3v) is 2.97. The van der Waals surface area contributed by atoms with Crippen LogP contribution in [0.15, 0.2) is 24.3 Å². The Morgan fingerprint density at radius 1 is 1.00 bits per heavy atom. The summed E-state index contributed by atoms with van der Waals surface area (Å²) in [5.74, 6) is 1.05. The summed E-state index contributed by atoms with van der Waals surface area (Å²) in [7, 11) is 0. The number of nitrogens with zero attached hydrogens (tertiary/aromatic N) is 4. The maximum Gasteiger partial charge on any atom is 0.198 e. The maximum atomic E-state index is 4.66. The lowest BCUT2D eigenvalue weighted by Gasteiger charge is -2.02. The molecule has 17 heavy (non-hydrogen) atoms. The number of benzene rings is 1. The summed E-state index contributed by atoms with van der Waals surface area (Å²) >= 11 is 0. The van der Waals surface area contributed by atoms with Gasteiger partial charge in [-0.1, -0.05) is 19.1 Å². The van der Waals surface area contributed by atoms with Crippen molar-refractivity contribution < 1.29 is 0 Å². The topological polar surface area (TPSA) is 43.6 Å². The summed E-state index contributed by atoms with van der Waals surface area (Å²) < 4.78 is 2.13. The summed E-state index contributed by atoms with van der Waals surface area (Å²) in [5.41, 5.74) is 3.48. The van der Waals surface area contributed by atoms with Crippen LogP contribution in [0.5, 0.6) is 0 Å². The third-order valence-electron chi connectivity index (χ3n) is 2.97. The molecule has 3 aromatic rings. The predicted octanol–water partition coefficient (Wildman–Crippen LogP) is 2.56. The lowest BCUT2D eigenvalue weighted by Crippen LogP contribution is -2.01. The van der Waals surface area contributed by atoms with E-state index in [1.165, 1.54) is 0 Å². The third kappa shape index (κ3) is 1.48. The molecule has 3 rings (SSSR count). The molecule has 86 valence electrons. The number of aryl methyl sites for hydroxylation is 2. The average Bonchev–Trinajstić information content (AvgIpc) is 2.72. The Morgan fingerprint density at radius 2 is 1.71 bits per heavy atom. The maximum absolute atomic E-state index is 4.66. The van der Waals surface area contributed by atoms with E-state index in [1.807, 2.05) is 24.3 Å². The molecule has 0 aliphatic rings. The zero-order valence-corrected chi connectivity index (χ0v) is 10.0. The smallest absolute Gasteiger partial charge is 0.198 e. The highest BCUT2D eigenvalue weighted by Gasteiger charge is 2.11. The zero-order chi connectivity index (χ0) is 11.8. The molecule has 1 aromatic carbocycles. The van der Waals surface area contributed by atoms with Crippen LogP contribution in [0.25, 0.3) is 22.3 Å². The molecule has 4 heteroatoms. The molecule has 0 N–H and O–H groups in total. The van der Waals surface area contributed by atoms with Crippen molar-refractivity contribution in [1.29, 1.82) is 0 Å². The van der Waals surface area contributed by atoms with Gasteiger partial charge in [-0.25, -0.2) is 15.0 Å². The Kier molecular flexibility index (Phi) is 2.28. The first-order valence-electron chi connectivity index (χ1n) is 5.95. The van der Waals surface area contributed by atoms with Gasteiger partial charge in [-0.2, -0.15) is 0 Å². The monoisotopic (exact) mass is 226 g/mol. The van der Waals surface area contributed by atoms with E-state index in [4.69, 9.17) is 0 Å². The SMILES string of the molecule is CCc1nc2nc3ccccc3nc2n1CC. The molecule has 0 unspecified atom stereocenters. The normalized spacial score (nSPS) is 11.4. The van der Waals surface area contributed by atoms with Crippen molar-refractivity contribution in [3.05, 3.63) is 30.1 Å². The molecule has 0 fully saturated rings. The fourth-order valence-corrected chi connectivity index (χ4v) is 2.14. The first-order valence-corrected chi connectivity index (χ1v) is 5.95. The Balaban J connectivity index is 2.41. The van der Waals surface area contributed by atoms with E-state index < -0.39 is 0 Å².